The van der Waals surface area contributed by atoms with E-state index >= 15 is 0 Å². The van der Waals surface area contributed by atoms with Crippen LogP contribution in [0.1, 0.15) is 12.1 Å². The lowest BCUT2D eigenvalue weighted by atomic mass is 10.3. The van der Waals surface area contributed by atoms with E-state index in [-0.39, 0.29) is 5.91 Å². The molecule has 1 amide bonds. The first-order chi connectivity index (χ1) is 8.69. The fraction of sp³-hybridized carbons (Fsp3) is 0.583. The molecule has 2 rings (SSSR count). The molecular weight excluding hydrogens is 230 g/mol. The molecule has 1 aromatic rings. The van der Waals surface area contributed by atoms with Gasteiger partial charge in [-0.05, 0) is 6.42 Å². The molecule has 0 saturated carbocycles. The number of hydrogen-bond acceptors (Lipinski definition) is 5. The minimum absolute atomic E-state index is 0.173. The smallest absolute Gasteiger partial charge is 0.236 e. The predicted octanol–water partition coefficient (Wildman–Crippen LogP) is 0.182. The highest BCUT2D eigenvalue weighted by Crippen LogP contribution is 2.07. The Bertz CT molecular complexity index is 405. The fourth-order valence-corrected chi connectivity index (χ4v) is 1.98. The van der Waals surface area contributed by atoms with Crippen LogP contribution in [-0.4, -0.2) is 59.4 Å². The lowest BCUT2D eigenvalue weighted by molar-refractivity contribution is -0.130. The Morgan fingerprint density at radius 3 is 2.83 bits per heavy atom. The van der Waals surface area contributed by atoms with Gasteiger partial charge in [0.15, 0.2) is 0 Å². The van der Waals surface area contributed by atoms with Crippen LogP contribution < -0.4 is 5.32 Å². The fourth-order valence-electron chi connectivity index (χ4n) is 1.98. The van der Waals surface area contributed by atoms with Gasteiger partial charge in [0.2, 0.25) is 5.91 Å². The van der Waals surface area contributed by atoms with Crippen LogP contribution in [0.25, 0.3) is 0 Å². The van der Waals surface area contributed by atoms with Crippen molar-refractivity contribution in [2.75, 3.05) is 39.0 Å². The molecule has 0 unspecified atom stereocenters. The van der Waals surface area contributed by atoms with Crippen LogP contribution in [0.5, 0.6) is 0 Å². The summed E-state index contributed by atoms with van der Waals surface area (Å²) in [7, 11) is 3.67. The summed E-state index contributed by atoms with van der Waals surface area (Å²) in [6.45, 7) is 2.90. The molecule has 1 aliphatic heterocycles. The first-order valence-electron chi connectivity index (χ1n) is 6.14. The minimum atomic E-state index is 0.173. The monoisotopic (exact) mass is 249 g/mol. The summed E-state index contributed by atoms with van der Waals surface area (Å²) >= 11 is 0. The molecule has 6 nitrogen and oxygen atoms in total. The Balaban J connectivity index is 1.97. The number of nitrogens with one attached hydrogen (secondary N) is 1. The van der Waals surface area contributed by atoms with Crippen LogP contribution in [0.3, 0.4) is 0 Å². The van der Waals surface area contributed by atoms with Crippen molar-refractivity contribution in [1.82, 2.24) is 19.8 Å². The molecule has 1 saturated heterocycles. The highest BCUT2D eigenvalue weighted by molar-refractivity contribution is 5.78. The van der Waals surface area contributed by atoms with Gasteiger partial charge in [0.25, 0.3) is 0 Å². The van der Waals surface area contributed by atoms with Crippen molar-refractivity contribution in [2.45, 2.75) is 13.0 Å². The molecule has 2 heterocycles. The van der Waals surface area contributed by atoms with E-state index in [2.05, 4.69) is 20.2 Å². The molecule has 0 atom stereocenters. The van der Waals surface area contributed by atoms with Crippen LogP contribution in [-0.2, 0) is 11.3 Å². The Morgan fingerprint density at radius 1 is 1.33 bits per heavy atom. The van der Waals surface area contributed by atoms with Crippen LogP contribution in [0.4, 0.5) is 5.82 Å². The zero-order valence-electron chi connectivity index (χ0n) is 10.9. The molecule has 1 aliphatic rings. The second kappa shape index (κ2) is 5.77. The predicted molar refractivity (Wildman–Crippen MR) is 69.1 cm³/mol. The van der Waals surface area contributed by atoms with E-state index in [4.69, 9.17) is 0 Å². The van der Waals surface area contributed by atoms with Crippen LogP contribution >= 0.6 is 0 Å². The van der Waals surface area contributed by atoms with E-state index in [1.54, 1.807) is 17.3 Å². The normalized spacial score (nSPS) is 17.7. The van der Waals surface area contributed by atoms with Gasteiger partial charge in [0.05, 0.1) is 24.6 Å². The third kappa shape index (κ3) is 3.16. The van der Waals surface area contributed by atoms with E-state index in [0.29, 0.717) is 13.1 Å². The largest absolute Gasteiger partial charge is 0.372 e. The number of rotatable bonds is 3. The van der Waals surface area contributed by atoms with Gasteiger partial charge in [-0.2, -0.15) is 0 Å². The summed E-state index contributed by atoms with van der Waals surface area (Å²) in [5, 5.41) is 2.93. The van der Waals surface area contributed by atoms with Crippen molar-refractivity contribution in [3.63, 3.8) is 0 Å². The van der Waals surface area contributed by atoms with Gasteiger partial charge in [0, 0.05) is 33.7 Å². The minimum Gasteiger partial charge on any atom is -0.372 e. The number of hydrogen-bond donors (Lipinski definition) is 1. The highest BCUT2D eigenvalue weighted by atomic mass is 16.2. The van der Waals surface area contributed by atoms with E-state index in [1.807, 2.05) is 14.1 Å². The van der Waals surface area contributed by atoms with Crippen molar-refractivity contribution in [3.05, 3.63) is 18.1 Å². The van der Waals surface area contributed by atoms with Gasteiger partial charge < -0.3 is 10.2 Å². The van der Waals surface area contributed by atoms with Gasteiger partial charge >= 0.3 is 0 Å². The number of aromatic nitrogens is 2. The standard InChI is InChI=1S/C12H19N5O/c1-13-11-7-14-10(6-15-11)8-17-5-3-4-16(2)12(18)9-17/h6-7H,3-5,8-9H2,1-2H3,(H,13,15). The zero-order chi connectivity index (χ0) is 13.0. The van der Waals surface area contributed by atoms with Gasteiger partial charge in [0.1, 0.15) is 5.82 Å². The number of anilines is 1. The third-order valence-corrected chi connectivity index (χ3v) is 3.10. The van der Waals surface area contributed by atoms with Gasteiger partial charge in [-0.25, -0.2) is 4.98 Å². The Morgan fingerprint density at radius 2 is 2.17 bits per heavy atom. The second-order valence-corrected chi connectivity index (χ2v) is 4.52. The average Bonchev–Trinajstić information content (AvgIpc) is 2.53. The molecule has 6 heteroatoms. The lowest BCUT2D eigenvalue weighted by Crippen LogP contribution is -2.34. The molecule has 0 aromatic carbocycles. The Kier molecular flexibility index (Phi) is 4.09. The number of amides is 1. The first-order valence-corrected chi connectivity index (χ1v) is 6.14. The van der Waals surface area contributed by atoms with Gasteiger partial charge in [-0.3, -0.25) is 14.7 Å². The SMILES string of the molecule is CNc1cnc(CN2CCCN(C)C(=O)C2)cn1. The summed E-state index contributed by atoms with van der Waals surface area (Å²) in [6, 6.07) is 0. The van der Waals surface area contributed by atoms with Crippen LogP contribution in [0.15, 0.2) is 12.4 Å². The summed E-state index contributed by atoms with van der Waals surface area (Å²) in [6.07, 6.45) is 4.47. The molecule has 0 bridgehead atoms. The average molecular weight is 249 g/mol. The second-order valence-electron chi connectivity index (χ2n) is 4.52. The van der Waals surface area contributed by atoms with Crippen molar-refractivity contribution in [3.8, 4) is 0 Å². The van der Waals surface area contributed by atoms with Crippen molar-refractivity contribution in [2.24, 2.45) is 0 Å². The Labute approximate surface area is 107 Å². The van der Waals surface area contributed by atoms with E-state index in [1.165, 1.54) is 0 Å². The highest BCUT2D eigenvalue weighted by Gasteiger charge is 2.19. The summed E-state index contributed by atoms with van der Waals surface area (Å²) in [4.78, 5) is 24.2. The number of carbonyl (C=O) groups excluding carboxylic acids is 1. The summed E-state index contributed by atoms with van der Waals surface area (Å²) < 4.78 is 0. The quantitative estimate of drug-likeness (QED) is 0.828. The summed E-state index contributed by atoms with van der Waals surface area (Å²) in [5.74, 6) is 0.928. The van der Waals surface area contributed by atoms with Crippen molar-refractivity contribution in [1.29, 1.82) is 0 Å². The Hall–Kier alpha value is -1.69. The van der Waals surface area contributed by atoms with Gasteiger partial charge in [-0.1, -0.05) is 0 Å². The molecule has 98 valence electrons. The van der Waals surface area contributed by atoms with E-state index < -0.39 is 0 Å². The van der Waals surface area contributed by atoms with Gasteiger partial charge in [-0.15, -0.1) is 0 Å². The van der Waals surface area contributed by atoms with Crippen LogP contribution in [0.2, 0.25) is 0 Å². The maximum Gasteiger partial charge on any atom is 0.236 e. The molecule has 0 aliphatic carbocycles. The number of carbonyl (C=O) groups is 1. The maximum atomic E-state index is 11.8. The molecule has 1 fully saturated rings. The molecular formula is C12H19N5O. The lowest BCUT2D eigenvalue weighted by Gasteiger charge is -2.18. The summed E-state index contributed by atoms with van der Waals surface area (Å²) in [5.41, 5.74) is 0.895. The molecule has 0 radical (unpaired) electrons. The third-order valence-electron chi connectivity index (χ3n) is 3.10. The first kappa shape index (κ1) is 12.8. The van der Waals surface area contributed by atoms with E-state index in [9.17, 15) is 4.79 Å². The number of nitrogens with zero attached hydrogens (tertiary/aromatic N) is 4. The van der Waals surface area contributed by atoms with E-state index in [0.717, 1.165) is 31.0 Å². The van der Waals surface area contributed by atoms with Crippen LogP contribution in [0, 0.1) is 0 Å². The molecule has 18 heavy (non-hydrogen) atoms. The number of likely N-dealkylation sites (N-methyl/N-ethyl adjacent to an activating group) is 1. The van der Waals surface area contributed by atoms with Crippen molar-refractivity contribution >= 4 is 11.7 Å². The van der Waals surface area contributed by atoms with Crippen molar-refractivity contribution < 1.29 is 4.79 Å². The molecule has 1 N–H and O–H groups in total. The zero-order valence-corrected chi connectivity index (χ0v) is 10.9. The topological polar surface area (TPSA) is 61.4 Å². The maximum absolute atomic E-state index is 11.8. The molecule has 0 spiro atoms. The molecule has 1 aromatic heterocycles.